The molecule has 1 aromatic heterocycles. The topological polar surface area (TPSA) is 71.7 Å². The highest BCUT2D eigenvalue weighted by Crippen LogP contribution is 2.12. The van der Waals surface area contributed by atoms with E-state index in [2.05, 4.69) is 5.32 Å². The van der Waals surface area contributed by atoms with E-state index in [1.165, 1.54) is 19.2 Å². The first-order valence-corrected chi connectivity index (χ1v) is 4.72. The van der Waals surface area contributed by atoms with Crippen LogP contribution in [0, 0.1) is 0 Å². The second-order valence-corrected chi connectivity index (χ2v) is 3.30. The second-order valence-electron chi connectivity index (χ2n) is 2.92. The number of hydrogen-bond acceptors (Lipinski definition) is 4. The molecule has 84 valence electrons. The largest absolute Gasteiger partial charge is 0.440 e. The standard InChI is InChI=1S/C9H12ClNO4/c1-14-5-6(12)4-11-9(13)7-2-3-8(10)15-7/h2-3,6,12H,4-5H2,1H3,(H,11,13). The fraction of sp³-hybridized carbons (Fsp3) is 0.444. The molecule has 6 heteroatoms. The molecule has 0 spiro atoms. The molecule has 0 aromatic carbocycles. The quantitative estimate of drug-likeness (QED) is 0.784. The number of rotatable bonds is 5. The van der Waals surface area contributed by atoms with E-state index in [4.69, 9.17) is 20.8 Å². The van der Waals surface area contributed by atoms with E-state index in [9.17, 15) is 9.90 Å². The molecule has 1 aromatic rings. The van der Waals surface area contributed by atoms with E-state index in [1.807, 2.05) is 0 Å². The summed E-state index contributed by atoms with van der Waals surface area (Å²) in [6.45, 7) is 0.268. The average molecular weight is 234 g/mol. The third kappa shape index (κ3) is 3.91. The van der Waals surface area contributed by atoms with Crippen LogP contribution in [0.4, 0.5) is 0 Å². The van der Waals surface area contributed by atoms with Gasteiger partial charge in [0.25, 0.3) is 5.91 Å². The van der Waals surface area contributed by atoms with E-state index in [-0.39, 0.29) is 24.1 Å². The van der Waals surface area contributed by atoms with Crippen molar-refractivity contribution < 1.29 is 19.1 Å². The number of carbonyl (C=O) groups is 1. The van der Waals surface area contributed by atoms with Crippen molar-refractivity contribution in [2.24, 2.45) is 0 Å². The molecule has 0 radical (unpaired) electrons. The van der Waals surface area contributed by atoms with Gasteiger partial charge in [0.15, 0.2) is 11.0 Å². The highest BCUT2D eigenvalue weighted by atomic mass is 35.5. The van der Waals surface area contributed by atoms with Crippen LogP contribution in [0.5, 0.6) is 0 Å². The molecule has 15 heavy (non-hydrogen) atoms. The summed E-state index contributed by atoms with van der Waals surface area (Å²) in [7, 11) is 1.47. The first-order valence-electron chi connectivity index (χ1n) is 4.34. The Morgan fingerprint density at radius 2 is 2.47 bits per heavy atom. The van der Waals surface area contributed by atoms with Gasteiger partial charge in [-0.15, -0.1) is 0 Å². The van der Waals surface area contributed by atoms with E-state index in [0.717, 1.165) is 0 Å². The number of aliphatic hydroxyl groups is 1. The number of carbonyl (C=O) groups excluding carboxylic acids is 1. The summed E-state index contributed by atoms with van der Waals surface area (Å²) in [6.07, 6.45) is -0.732. The van der Waals surface area contributed by atoms with Crippen LogP contribution in [0.3, 0.4) is 0 Å². The molecule has 0 bridgehead atoms. The highest BCUT2D eigenvalue weighted by molar-refractivity contribution is 6.29. The number of furan rings is 1. The minimum Gasteiger partial charge on any atom is -0.440 e. The molecule has 0 saturated heterocycles. The van der Waals surface area contributed by atoms with Gasteiger partial charge in [-0.25, -0.2) is 0 Å². The van der Waals surface area contributed by atoms with E-state index >= 15 is 0 Å². The first kappa shape index (κ1) is 12.0. The molecule has 1 heterocycles. The van der Waals surface area contributed by atoms with Crippen LogP contribution in [0.1, 0.15) is 10.6 Å². The number of halogens is 1. The molecule has 1 unspecified atom stereocenters. The molecule has 0 saturated carbocycles. The molecule has 0 aliphatic heterocycles. The van der Waals surface area contributed by atoms with Crippen LogP contribution in [0.25, 0.3) is 0 Å². The Morgan fingerprint density at radius 1 is 1.73 bits per heavy atom. The lowest BCUT2D eigenvalue weighted by Gasteiger charge is -2.09. The normalized spacial score (nSPS) is 12.5. The van der Waals surface area contributed by atoms with Crippen LogP contribution in [-0.2, 0) is 4.74 Å². The van der Waals surface area contributed by atoms with E-state index in [0.29, 0.717) is 0 Å². The Labute approximate surface area is 92.0 Å². The predicted octanol–water partition coefficient (Wildman–Crippen LogP) is 0.670. The smallest absolute Gasteiger partial charge is 0.287 e. The summed E-state index contributed by atoms with van der Waals surface area (Å²) < 4.78 is 9.58. The van der Waals surface area contributed by atoms with Crippen LogP contribution < -0.4 is 5.32 Å². The van der Waals surface area contributed by atoms with Crippen molar-refractivity contribution in [3.05, 3.63) is 23.1 Å². The molecule has 1 atom stereocenters. The van der Waals surface area contributed by atoms with Crippen LogP contribution in [-0.4, -0.2) is 37.4 Å². The van der Waals surface area contributed by atoms with Crippen molar-refractivity contribution in [3.8, 4) is 0 Å². The zero-order valence-corrected chi connectivity index (χ0v) is 8.95. The number of nitrogens with one attached hydrogen (secondary N) is 1. The van der Waals surface area contributed by atoms with Gasteiger partial charge in [0.05, 0.1) is 12.7 Å². The van der Waals surface area contributed by atoms with Crippen LogP contribution >= 0.6 is 11.6 Å². The monoisotopic (exact) mass is 233 g/mol. The lowest BCUT2D eigenvalue weighted by Crippen LogP contribution is -2.34. The second kappa shape index (κ2) is 5.75. The summed E-state index contributed by atoms with van der Waals surface area (Å²) in [5.74, 6) is -0.304. The Balaban J connectivity index is 2.36. The Bertz CT molecular complexity index is 326. The first-order chi connectivity index (χ1) is 7.13. The molecule has 1 amide bonds. The maximum absolute atomic E-state index is 11.4. The van der Waals surface area contributed by atoms with Crippen molar-refractivity contribution >= 4 is 17.5 Å². The zero-order chi connectivity index (χ0) is 11.3. The average Bonchev–Trinajstić information content (AvgIpc) is 2.62. The minimum absolute atomic E-state index is 0.102. The Morgan fingerprint density at radius 3 is 3.00 bits per heavy atom. The van der Waals surface area contributed by atoms with Crippen molar-refractivity contribution in [1.82, 2.24) is 5.32 Å². The van der Waals surface area contributed by atoms with Gasteiger partial charge in [-0.1, -0.05) is 0 Å². The van der Waals surface area contributed by atoms with Gasteiger partial charge >= 0.3 is 0 Å². The maximum atomic E-state index is 11.4. The molecule has 0 fully saturated rings. The van der Waals surface area contributed by atoms with Crippen molar-refractivity contribution in [2.75, 3.05) is 20.3 Å². The summed E-state index contributed by atoms with van der Waals surface area (Å²) in [6, 6.07) is 2.93. The number of aliphatic hydroxyl groups excluding tert-OH is 1. The van der Waals surface area contributed by atoms with Gasteiger partial charge in [0.1, 0.15) is 0 Å². The van der Waals surface area contributed by atoms with E-state index in [1.54, 1.807) is 0 Å². The van der Waals surface area contributed by atoms with Crippen molar-refractivity contribution in [1.29, 1.82) is 0 Å². The summed E-state index contributed by atoms with van der Waals surface area (Å²) in [4.78, 5) is 11.4. The van der Waals surface area contributed by atoms with Crippen molar-refractivity contribution in [2.45, 2.75) is 6.10 Å². The van der Waals surface area contributed by atoms with Crippen LogP contribution in [0.2, 0.25) is 5.22 Å². The highest BCUT2D eigenvalue weighted by Gasteiger charge is 2.11. The summed E-state index contributed by atoms with van der Waals surface area (Å²) in [5.41, 5.74) is 0. The zero-order valence-electron chi connectivity index (χ0n) is 8.20. The van der Waals surface area contributed by atoms with Gasteiger partial charge in [0.2, 0.25) is 0 Å². The van der Waals surface area contributed by atoms with Gasteiger partial charge in [-0.05, 0) is 23.7 Å². The number of hydrogen-bond donors (Lipinski definition) is 2. The molecular formula is C9H12ClNO4. The molecule has 2 N–H and O–H groups in total. The lowest BCUT2D eigenvalue weighted by molar-refractivity contribution is 0.0603. The van der Waals surface area contributed by atoms with Gasteiger partial charge in [-0.3, -0.25) is 4.79 Å². The fourth-order valence-corrected chi connectivity index (χ4v) is 1.13. The molecule has 1 rings (SSSR count). The maximum Gasteiger partial charge on any atom is 0.287 e. The van der Waals surface area contributed by atoms with Crippen LogP contribution in [0.15, 0.2) is 16.5 Å². The number of ether oxygens (including phenoxy) is 1. The molecule has 5 nitrogen and oxygen atoms in total. The van der Waals surface area contributed by atoms with Gasteiger partial charge < -0.3 is 19.6 Å². The third-order valence-corrected chi connectivity index (χ3v) is 1.86. The summed E-state index contributed by atoms with van der Waals surface area (Å²) in [5, 5.41) is 11.9. The molecular weight excluding hydrogens is 222 g/mol. The fourth-order valence-electron chi connectivity index (χ4n) is 0.985. The van der Waals surface area contributed by atoms with Crippen molar-refractivity contribution in [3.63, 3.8) is 0 Å². The number of methoxy groups -OCH3 is 1. The van der Waals surface area contributed by atoms with E-state index < -0.39 is 12.0 Å². The third-order valence-electron chi connectivity index (χ3n) is 1.65. The van der Waals surface area contributed by atoms with Gasteiger partial charge in [0, 0.05) is 13.7 Å². The SMILES string of the molecule is COCC(O)CNC(=O)c1ccc(Cl)o1. The van der Waals surface area contributed by atoms with Gasteiger partial charge in [-0.2, -0.15) is 0 Å². The molecule has 0 aliphatic carbocycles. The predicted molar refractivity (Wildman–Crippen MR) is 53.9 cm³/mol. The Kier molecular flexibility index (Phi) is 4.61. The summed E-state index contributed by atoms with van der Waals surface area (Å²) >= 11 is 5.50. The minimum atomic E-state index is -0.732. The Hall–Kier alpha value is -1.04. The molecule has 0 aliphatic rings. The lowest BCUT2D eigenvalue weighted by atomic mass is 10.3. The number of amides is 1.